The van der Waals surface area contributed by atoms with Gasteiger partial charge in [-0.2, -0.15) is 13.2 Å². The van der Waals surface area contributed by atoms with Crippen molar-refractivity contribution in [1.29, 1.82) is 0 Å². The van der Waals surface area contributed by atoms with Crippen molar-refractivity contribution >= 4 is 11.6 Å². The molecule has 1 amide bonds. The fraction of sp³-hybridized carbons (Fsp3) is 0.533. The van der Waals surface area contributed by atoms with Crippen LogP contribution in [0.15, 0.2) is 18.2 Å². The topological polar surface area (TPSA) is 32.3 Å². The number of benzene rings is 1. The van der Waals surface area contributed by atoms with E-state index in [0.29, 0.717) is 18.2 Å². The first kappa shape index (κ1) is 15.7. The van der Waals surface area contributed by atoms with Gasteiger partial charge in [-0.15, -0.1) is 0 Å². The maximum Gasteiger partial charge on any atom is 0.416 e. The zero-order valence-corrected chi connectivity index (χ0v) is 12.1. The van der Waals surface area contributed by atoms with Crippen molar-refractivity contribution in [3.8, 4) is 0 Å². The normalized spacial score (nSPS) is 15.5. The van der Waals surface area contributed by atoms with Gasteiger partial charge in [0.1, 0.15) is 0 Å². The molecule has 0 heterocycles. The lowest BCUT2D eigenvalue weighted by Crippen LogP contribution is -2.34. The van der Waals surface area contributed by atoms with Crippen LogP contribution in [0, 0.1) is 5.92 Å². The molecule has 1 fully saturated rings. The lowest BCUT2D eigenvalue weighted by Gasteiger charge is -2.30. The molecule has 1 aliphatic carbocycles. The van der Waals surface area contributed by atoms with Gasteiger partial charge in [-0.3, -0.25) is 4.79 Å². The predicted molar refractivity (Wildman–Crippen MR) is 75.3 cm³/mol. The molecule has 1 aromatic rings. The Morgan fingerprint density at radius 2 is 2.05 bits per heavy atom. The minimum absolute atomic E-state index is 0.0640. The van der Waals surface area contributed by atoms with Crippen LogP contribution in [0.1, 0.15) is 35.2 Å². The van der Waals surface area contributed by atoms with Crippen LogP contribution < -0.4 is 5.32 Å². The standard InChI is InChI=1S/C15H19F3N2O/c1-19-13-7-6-11(15(16,17)18)8-12(13)14(21)20(2)9-10-4-3-5-10/h6-8,10,19H,3-5,9H2,1-2H3. The molecule has 0 aliphatic heterocycles. The van der Waals surface area contributed by atoms with E-state index in [1.165, 1.54) is 11.0 Å². The second-order valence-electron chi connectivity index (χ2n) is 5.49. The second kappa shape index (κ2) is 5.95. The van der Waals surface area contributed by atoms with E-state index >= 15 is 0 Å². The molecule has 0 spiro atoms. The summed E-state index contributed by atoms with van der Waals surface area (Å²) < 4.78 is 38.4. The Labute approximate surface area is 122 Å². The van der Waals surface area contributed by atoms with Crippen LogP contribution in [0.3, 0.4) is 0 Å². The second-order valence-corrected chi connectivity index (χ2v) is 5.49. The van der Waals surface area contributed by atoms with Gasteiger partial charge in [0.15, 0.2) is 0 Å². The van der Waals surface area contributed by atoms with Gasteiger partial charge in [0, 0.05) is 26.3 Å². The van der Waals surface area contributed by atoms with Crippen LogP contribution in [-0.4, -0.2) is 31.4 Å². The molecule has 1 saturated carbocycles. The summed E-state index contributed by atoms with van der Waals surface area (Å²) in [7, 11) is 3.23. The van der Waals surface area contributed by atoms with Gasteiger partial charge in [-0.25, -0.2) is 0 Å². The van der Waals surface area contributed by atoms with Crippen molar-refractivity contribution in [2.45, 2.75) is 25.4 Å². The van der Waals surface area contributed by atoms with Gasteiger partial charge in [0.25, 0.3) is 5.91 Å². The van der Waals surface area contributed by atoms with E-state index in [1.54, 1.807) is 14.1 Å². The van der Waals surface area contributed by atoms with Crippen LogP contribution in [0.4, 0.5) is 18.9 Å². The SMILES string of the molecule is CNc1ccc(C(F)(F)F)cc1C(=O)N(C)CC1CCC1. The fourth-order valence-corrected chi connectivity index (χ4v) is 2.47. The maximum atomic E-state index is 12.8. The first-order valence-corrected chi connectivity index (χ1v) is 6.97. The van der Waals surface area contributed by atoms with Crippen molar-refractivity contribution in [2.24, 2.45) is 5.92 Å². The summed E-state index contributed by atoms with van der Waals surface area (Å²) in [6.07, 6.45) is -1.12. The number of carbonyl (C=O) groups is 1. The average molecular weight is 300 g/mol. The molecule has 2 rings (SSSR count). The number of carbonyl (C=O) groups excluding carboxylic acids is 1. The van der Waals surface area contributed by atoms with Crippen LogP contribution >= 0.6 is 0 Å². The van der Waals surface area contributed by atoms with Crippen molar-refractivity contribution in [1.82, 2.24) is 4.90 Å². The lowest BCUT2D eigenvalue weighted by atomic mass is 9.85. The van der Waals surface area contributed by atoms with E-state index in [4.69, 9.17) is 0 Å². The molecule has 21 heavy (non-hydrogen) atoms. The Balaban J connectivity index is 2.24. The van der Waals surface area contributed by atoms with E-state index in [0.717, 1.165) is 31.4 Å². The summed E-state index contributed by atoms with van der Waals surface area (Å²) in [5, 5.41) is 2.78. The quantitative estimate of drug-likeness (QED) is 0.921. The number of alkyl halides is 3. The molecule has 0 atom stereocenters. The summed E-state index contributed by atoms with van der Waals surface area (Å²) in [5.41, 5.74) is -0.329. The molecule has 0 unspecified atom stereocenters. The van der Waals surface area contributed by atoms with Gasteiger partial charge >= 0.3 is 6.18 Å². The van der Waals surface area contributed by atoms with Crippen LogP contribution in [0.25, 0.3) is 0 Å². The van der Waals surface area contributed by atoms with Crippen molar-refractivity contribution < 1.29 is 18.0 Å². The van der Waals surface area contributed by atoms with E-state index < -0.39 is 11.7 Å². The highest BCUT2D eigenvalue weighted by Crippen LogP contribution is 2.33. The number of nitrogens with zero attached hydrogens (tertiary/aromatic N) is 1. The number of anilines is 1. The Morgan fingerprint density at radius 3 is 2.52 bits per heavy atom. The smallest absolute Gasteiger partial charge is 0.387 e. The number of rotatable bonds is 4. The third-order valence-electron chi connectivity index (χ3n) is 3.95. The lowest BCUT2D eigenvalue weighted by molar-refractivity contribution is -0.137. The van der Waals surface area contributed by atoms with Crippen LogP contribution in [0.5, 0.6) is 0 Å². The molecule has 0 radical (unpaired) electrons. The summed E-state index contributed by atoms with van der Waals surface area (Å²) >= 11 is 0. The summed E-state index contributed by atoms with van der Waals surface area (Å²) in [4.78, 5) is 13.9. The summed E-state index contributed by atoms with van der Waals surface area (Å²) in [5.74, 6) is 0.0973. The molecular formula is C15H19F3N2O. The van der Waals surface area contributed by atoms with Gasteiger partial charge < -0.3 is 10.2 Å². The highest BCUT2D eigenvalue weighted by Gasteiger charge is 2.32. The van der Waals surface area contributed by atoms with Gasteiger partial charge in [0.05, 0.1) is 11.1 Å². The zero-order chi connectivity index (χ0) is 15.6. The number of hydrogen-bond donors (Lipinski definition) is 1. The fourth-order valence-electron chi connectivity index (χ4n) is 2.47. The summed E-state index contributed by atoms with van der Waals surface area (Å²) in [6, 6.07) is 3.20. The number of nitrogens with one attached hydrogen (secondary N) is 1. The zero-order valence-electron chi connectivity index (χ0n) is 12.1. The van der Waals surface area contributed by atoms with Crippen LogP contribution in [-0.2, 0) is 6.18 Å². The molecule has 1 aromatic carbocycles. The van der Waals surface area contributed by atoms with Gasteiger partial charge in [0.2, 0.25) is 0 Å². The third kappa shape index (κ3) is 3.49. The highest BCUT2D eigenvalue weighted by atomic mass is 19.4. The minimum atomic E-state index is -4.45. The average Bonchev–Trinajstić information content (AvgIpc) is 2.40. The summed E-state index contributed by atoms with van der Waals surface area (Å²) in [6.45, 7) is 0.595. The number of amides is 1. The first-order chi connectivity index (χ1) is 9.82. The van der Waals surface area contributed by atoms with E-state index in [2.05, 4.69) is 5.32 Å². The van der Waals surface area contributed by atoms with E-state index in [9.17, 15) is 18.0 Å². The maximum absolute atomic E-state index is 12.8. The van der Waals surface area contributed by atoms with E-state index in [-0.39, 0.29) is 11.5 Å². The molecule has 0 aromatic heterocycles. The molecule has 6 heteroatoms. The third-order valence-corrected chi connectivity index (χ3v) is 3.95. The number of halogens is 3. The van der Waals surface area contributed by atoms with Crippen molar-refractivity contribution in [3.63, 3.8) is 0 Å². The molecule has 116 valence electrons. The first-order valence-electron chi connectivity index (χ1n) is 6.97. The minimum Gasteiger partial charge on any atom is -0.387 e. The molecule has 1 aliphatic rings. The van der Waals surface area contributed by atoms with Crippen molar-refractivity contribution in [2.75, 3.05) is 26.0 Å². The monoisotopic (exact) mass is 300 g/mol. The Hall–Kier alpha value is -1.72. The van der Waals surface area contributed by atoms with Crippen molar-refractivity contribution in [3.05, 3.63) is 29.3 Å². The molecule has 0 bridgehead atoms. The largest absolute Gasteiger partial charge is 0.416 e. The van der Waals surface area contributed by atoms with Gasteiger partial charge in [-0.05, 0) is 37.0 Å². The Morgan fingerprint density at radius 1 is 1.38 bits per heavy atom. The molecular weight excluding hydrogens is 281 g/mol. The molecule has 0 saturated heterocycles. The van der Waals surface area contributed by atoms with Crippen LogP contribution in [0.2, 0.25) is 0 Å². The highest BCUT2D eigenvalue weighted by molar-refractivity contribution is 5.99. The Bertz CT molecular complexity index is 524. The predicted octanol–water partition coefficient (Wildman–Crippen LogP) is 3.62. The number of hydrogen-bond acceptors (Lipinski definition) is 2. The van der Waals surface area contributed by atoms with Gasteiger partial charge in [-0.1, -0.05) is 6.42 Å². The van der Waals surface area contributed by atoms with E-state index in [1.807, 2.05) is 0 Å². The Kier molecular flexibility index (Phi) is 4.44. The molecule has 3 nitrogen and oxygen atoms in total. The molecule has 1 N–H and O–H groups in total.